The van der Waals surface area contributed by atoms with Crippen molar-refractivity contribution in [2.45, 2.75) is 52.6 Å². The molecule has 0 rings (SSSR count). The Kier molecular flexibility index (Phi) is 8.52. The van der Waals surface area contributed by atoms with E-state index in [0.717, 1.165) is 6.54 Å². The molecule has 0 aliphatic carbocycles. The van der Waals surface area contributed by atoms with Gasteiger partial charge in [-0.05, 0) is 65.6 Å². The average Bonchev–Trinajstić information content (AvgIpc) is 2.22. The topological polar surface area (TPSA) is 15.3 Å². The fourth-order valence-corrected chi connectivity index (χ4v) is 2.30. The molecule has 0 heterocycles. The van der Waals surface area contributed by atoms with Crippen LogP contribution in [-0.2, 0) is 0 Å². The molecule has 0 amide bonds. The van der Waals surface area contributed by atoms with Gasteiger partial charge in [0.05, 0.1) is 0 Å². The quantitative estimate of drug-likeness (QED) is 0.722. The molecule has 0 spiro atoms. The first-order valence-electron chi connectivity index (χ1n) is 6.70. The van der Waals surface area contributed by atoms with Gasteiger partial charge in [0, 0.05) is 18.1 Å². The van der Waals surface area contributed by atoms with Gasteiger partial charge >= 0.3 is 0 Å². The molecule has 0 fully saturated rings. The second kappa shape index (κ2) is 8.39. The normalized spacial score (nSPS) is 16.2. The van der Waals surface area contributed by atoms with Gasteiger partial charge in [-0.25, -0.2) is 0 Å². The van der Waals surface area contributed by atoms with Crippen LogP contribution in [0.15, 0.2) is 0 Å². The van der Waals surface area contributed by atoms with Gasteiger partial charge in [-0.15, -0.1) is 0 Å². The second-order valence-electron chi connectivity index (χ2n) is 6.31. The lowest BCUT2D eigenvalue weighted by molar-refractivity contribution is 0.212. The van der Waals surface area contributed by atoms with Gasteiger partial charge in [-0.1, -0.05) is 6.92 Å². The zero-order chi connectivity index (χ0) is 13.5. The number of nitrogens with one attached hydrogen (secondary N) is 1. The first kappa shape index (κ1) is 17.3. The summed E-state index contributed by atoms with van der Waals surface area (Å²) in [6, 6.07) is 0.694. The Morgan fingerprint density at radius 1 is 1.24 bits per heavy atom. The summed E-state index contributed by atoms with van der Waals surface area (Å²) in [4.78, 5) is 2.49. The van der Waals surface area contributed by atoms with Crippen molar-refractivity contribution >= 4 is 11.8 Å². The SMILES string of the molecule is CSCCC(C)N(C)CC(C)CNC(C)(C)C. The monoisotopic (exact) mass is 260 g/mol. The molecule has 0 aliphatic heterocycles. The van der Waals surface area contributed by atoms with Crippen molar-refractivity contribution in [1.29, 1.82) is 0 Å². The number of hydrogen-bond donors (Lipinski definition) is 1. The molecule has 0 bridgehead atoms. The molecule has 0 aromatic heterocycles. The van der Waals surface area contributed by atoms with Gasteiger partial charge in [-0.2, -0.15) is 11.8 Å². The average molecular weight is 260 g/mol. The summed E-state index contributed by atoms with van der Waals surface area (Å²) in [5.74, 6) is 1.97. The minimum Gasteiger partial charge on any atom is -0.312 e. The summed E-state index contributed by atoms with van der Waals surface area (Å²) in [5, 5.41) is 3.58. The van der Waals surface area contributed by atoms with Crippen LogP contribution in [0.1, 0.15) is 41.0 Å². The lowest BCUT2D eigenvalue weighted by atomic mass is 10.1. The Bertz CT molecular complexity index is 189. The van der Waals surface area contributed by atoms with Crippen LogP contribution < -0.4 is 5.32 Å². The molecule has 0 radical (unpaired) electrons. The van der Waals surface area contributed by atoms with Crippen LogP contribution in [0.4, 0.5) is 0 Å². The molecule has 0 aromatic carbocycles. The highest BCUT2D eigenvalue weighted by Crippen LogP contribution is 2.09. The molecule has 104 valence electrons. The Morgan fingerprint density at radius 2 is 1.82 bits per heavy atom. The fraction of sp³-hybridized carbons (Fsp3) is 1.00. The number of thioether (sulfide) groups is 1. The van der Waals surface area contributed by atoms with Crippen LogP contribution in [0.2, 0.25) is 0 Å². The van der Waals surface area contributed by atoms with E-state index in [9.17, 15) is 0 Å². The van der Waals surface area contributed by atoms with E-state index in [4.69, 9.17) is 0 Å². The molecule has 0 aromatic rings. The number of rotatable bonds is 8. The largest absolute Gasteiger partial charge is 0.312 e. The molecular weight excluding hydrogens is 228 g/mol. The minimum atomic E-state index is 0.233. The molecule has 2 unspecified atom stereocenters. The van der Waals surface area contributed by atoms with Crippen LogP contribution in [0.5, 0.6) is 0 Å². The van der Waals surface area contributed by atoms with Crippen molar-refractivity contribution in [1.82, 2.24) is 10.2 Å². The van der Waals surface area contributed by atoms with Gasteiger partial charge in [-0.3, -0.25) is 0 Å². The van der Waals surface area contributed by atoms with Crippen LogP contribution in [0.3, 0.4) is 0 Å². The Hall–Kier alpha value is 0.270. The lowest BCUT2D eigenvalue weighted by Gasteiger charge is -2.29. The number of hydrogen-bond acceptors (Lipinski definition) is 3. The molecule has 0 saturated carbocycles. The van der Waals surface area contributed by atoms with Crippen LogP contribution in [-0.4, -0.2) is 48.6 Å². The molecule has 2 atom stereocenters. The van der Waals surface area contributed by atoms with E-state index < -0.39 is 0 Å². The second-order valence-corrected chi connectivity index (χ2v) is 7.29. The van der Waals surface area contributed by atoms with E-state index in [0.29, 0.717) is 12.0 Å². The number of nitrogens with zero attached hydrogens (tertiary/aromatic N) is 1. The highest BCUT2D eigenvalue weighted by molar-refractivity contribution is 7.98. The van der Waals surface area contributed by atoms with E-state index in [1.165, 1.54) is 18.7 Å². The van der Waals surface area contributed by atoms with E-state index >= 15 is 0 Å². The molecule has 0 saturated heterocycles. The Labute approximate surface area is 113 Å². The summed E-state index contributed by atoms with van der Waals surface area (Å²) in [6.07, 6.45) is 3.47. The van der Waals surface area contributed by atoms with E-state index in [2.05, 4.69) is 58.1 Å². The van der Waals surface area contributed by atoms with Crippen molar-refractivity contribution in [3.8, 4) is 0 Å². The highest BCUT2D eigenvalue weighted by atomic mass is 32.2. The Morgan fingerprint density at radius 3 is 2.29 bits per heavy atom. The maximum atomic E-state index is 3.58. The molecular formula is C14H32N2S. The summed E-state index contributed by atoms with van der Waals surface area (Å²) < 4.78 is 0. The molecule has 0 aliphatic rings. The zero-order valence-corrected chi connectivity index (χ0v) is 13.7. The molecule has 1 N–H and O–H groups in total. The van der Waals surface area contributed by atoms with Crippen molar-refractivity contribution in [3.05, 3.63) is 0 Å². The van der Waals surface area contributed by atoms with Crippen molar-refractivity contribution in [2.24, 2.45) is 5.92 Å². The fourth-order valence-electron chi connectivity index (χ4n) is 1.73. The maximum Gasteiger partial charge on any atom is 0.00966 e. The zero-order valence-electron chi connectivity index (χ0n) is 12.8. The minimum absolute atomic E-state index is 0.233. The smallest absolute Gasteiger partial charge is 0.00966 e. The predicted octanol–water partition coefficient (Wildman–Crippen LogP) is 3.08. The summed E-state index contributed by atoms with van der Waals surface area (Å²) in [5.41, 5.74) is 0.233. The molecule has 3 heteroatoms. The van der Waals surface area contributed by atoms with Gasteiger partial charge in [0.25, 0.3) is 0 Å². The maximum absolute atomic E-state index is 3.58. The van der Waals surface area contributed by atoms with Crippen molar-refractivity contribution in [3.63, 3.8) is 0 Å². The van der Waals surface area contributed by atoms with Crippen LogP contribution >= 0.6 is 11.8 Å². The Balaban J connectivity index is 3.82. The van der Waals surface area contributed by atoms with Gasteiger partial charge < -0.3 is 10.2 Å². The van der Waals surface area contributed by atoms with E-state index in [1.807, 2.05) is 11.8 Å². The van der Waals surface area contributed by atoms with Crippen molar-refractivity contribution < 1.29 is 0 Å². The highest BCUT2D eigenvalue weighted by Gasteiger charge is 2.15. The van der Waals surface area contributed by atoms with Gasteiger partial charge in [0.1, 0.15) is 0 Å². The predicted molar refractivity (Wildman–Crippen MR) is 82.0 cm³/mol. The third-order valence-electron chi connectivity index (χ3n) is 3.07. The third-order valence-corrected chi connectivity index (χ3v) is 3.72. The summed E-state index contributed by atoms with van der Waals surface area (Å²) in [6.45, 7) is 13.6. The van der Waals surface area contributed by atoms with E-state index in [1.54, 1.807) is 0 Å². The first-order chi connectivity index (χ1) is 7.76. The van der Waals surface area contributed by atoms with Gasteiger partial charge in [0.15, 0.2) is 0 Å². The summed E-state index contributed by atoms with van der Waals surface area (Å²) in [7, 11) is 2.25. The van der Waals surface area contributed by atoms with Crippen LogP contribution in [0, 0.1) is 5.92 Å². The standard InChI is InChI=1S/C14H32N2S/c1-12(10-15-14(3,4)5)11-16(6)13(2)8-9-17-7/h12-13,15H,8-11H2,1-7H3. The van der Waals surface area contributed by atoms with Gasteiger partial charge in [0.2, 0.25) is 0 Å². The van der Waals surface area contributed by atoms with Crippen LogP contribution in [0.25, 0.3) is 0 Å². The summed E-state index contributed by atoms with van der Waals surface area (Å²) >= 11 is 1.94. The molecule has 2 nitrogen and oxygen atoms in total. The third kappa shape index (κ3) is 9.93. The first-order valence-corrected chi connectivity index (χ1v) is 8.10. The molecule has 17 heavy (non-hydrogen) atoms. The van der Waals surface area contributed by atoms with Crippen molar-refractivity contribution in [2.75, 3.05) is 32.1 Å². The van der Waals surface area contributed by atoms with E-state index in [-0.39, 0.29) is 5.54 Å². The lowest BCUT2D eigenvalue weighted by Crippen LogP contribution is -2.42.